The normalized spacial score (nSPS) is 13.1. The van der Waals surface area contributed by atoms with Crippen LogP contribution in [0.4, 0.5) is 10.6 Å². The first kappa shape index (κ1) is 28.6. The molecule has 1 amide bonds. The number of aliphatic carboxylic acids is 1. The number of esters is 1. The van der Waals surface area contributed by atoms with Gasteiger partial charge in [0.05, 0.1) is 5.56 Å². The number of fused-ring (bicyclic) bond motifs is 3. The van der Waals surface area contributed by atoms with E-state index in [4.69, 9.17) is 9.47 Å². The number of pyridine rings is 1. The first-order valence-electron chi connectivity index (χ1n) is 13.4. The average Bonchev–Trinajstić information content (AvgIpc) is 3.24. The monoisotopic (exact) mass is 545 g/mol. The molecule has 0 aliphatic heterocycles. The number of carboxylic acids is 1. The van der Waals surface area contributed by atoms with Gasteiger partial charge < -0.3 is 25.2 Å². The van der Waals surface area contributed by atoms with Crippen molar-refractivity contribution >= 4 is 23.8 Å². The summed E-state index contributed by atoms with van der Waals surface area (Å²) in [5, 5.41) is 15.2. The van der Waals surface area contributed by atoms with E-state index in [1.807, 2.05) is 36.4 Å². The second-order valence-corrected chi connectivity index (χ2v) is 10.7. The standard InChI is InChI=1S/C31H35N3O6/c1-31(2,3)40-29(37)20-15-16-27(33-18-20)32-17-9-8-14-26(28(35)36)34-30(38)39-19-25-23-12-6-4-10-21(23)22-11-5-7-13-24(22)25/h4-7,10-13,15-16,18,25-26H,8-9,14,17,19H2,1-3H3,(H,32,33)(H,34,38)(H,35,36)/t26-/m0/s1. The number of aromatic nitrogens is 1. The van der Waals surface area contributed by atoms with Crippen molar-refractivity contribution < 1.29 is 29.0 Å². The number of nitrogens with one attached hydrogen (secondary N) is 2. The van der Waals surface area contributed by atoms with Gasteiger partial charge in [-0.1, -0.05) is 48.5 Å². The zero-order valence-electron chi connectivity index (χ0n) is 23.0. The van der Waals surface area contributed by atoms with Crippen LogP contribution < -0.4 is 10.6 Å². The highest BCUT2D eigenvalue weighted by Gasteiger charge is 2.29. The molecule has 1 aromatic heterocycles. The van der Waals surface area contributed by atoms with Crippen LogP contribution in [0.2, 0.25) is 0 Å². The second kappa shape index (κ2) is 12.6. The number of anilines is 1. The van der Waals surface area contributed by atoms with Gasteiger partial charge in [0.15, 0.2) is 0 Å². The lowest BCUT2D eigenvalue weighted by Gasteiger charge is -2.19. The number of carbonyl (C=O) groups is 3. The maximum absolute atomic E-state index is 12.5. The van der Waals surface area contributed by atoms with Crippen LogP contribution in [-0.2, 0) is 14.3 Å². The Morgan fingerprint density at radius 2 is 1.60 bits per heavy atom. The van der Waals surface area contributed by atoms with E-state index in [2.05, 4.69) is 27.8 Å². The first-order chi connectivity index (χ1) is 19.1. The fourth-order valence-corrected chi connectivity index (χ4v) is 4.69. The molecule has 0 saturated heterocycles. The zero-order chi connectivity index (χ0) is 28.7. The Morgan fingerprint density at radius 1 is 0.950 bits per heavy atom. The third-order valence-electron chi connectivity index (χ3n) is 6.56. The number of hydrogen-bond acceptors (Lipinski definition) is 7. The van der Waals surface area contributed by atoms with Crippen molar-refractivity contribution in [1.82, 2.24) is 10.3 Å². The molecule has 1 aliphatic carbocycles. The molecule has 9 heteroatoms. The van der Waals surface area contributed by atoms with E-state index in [9.17, 15) is 19.5 Å². The molecule has 1 aliphatic rings. The van der Waals surface area contributed by atoms with Crippen LogP contribution in [-0.4, -0.2) is 52.9 Å². The lowest BCUT2D eigenvalue weighted by Crippen LogP contribution is -2.41. The number of nitrogens with zero attached hydrogens (tertiary/aromatic N) is 1. The topological polar surface area (TPSA) is 127 Å². The predicted molar refractivity (Wildman–Crippen MR) is 151 cm³/mol. The van der Waals surface area contributed by atoms with E-state index in [1.54, 1.807) is 32.9 Å². The number of hydrogen-bond donors (Lipinski definition) is 3. The van der Waals surface area contributed by atoms with E-state index in [0.29, 0.717) is 30.8 Å². The molecule has 1 heterocycles. The van der Waals surface area contributed by atoms with Gasteiger partial charge in [-0.2, -0.15) is 0 Å². The summed E-state index contributed by atoms with van der Waals surface area (Å²) >= 11 is 0. The maximum atomic E-state index is 12.5. The molecule has 0 unspecified atom stereocenters. The Balaban J connectivity index is 1.20. The summed E-state index contributed by atoms with van der Waals surface area (Å²) in [6, 6.07) is 18.3. The third kappa shape index (κ3) is 7.37. The van der Waals surface area contributed by atoms with Crippen LogP contribution in [0.15, 0.2) is 66.9 Å². The molecule has 9 nitrogen and oxygen atoms in total. The zero-order valence-corrected chi connectivity index (χ0v) is 23.0. The fraction of sp³-hybridized carbons (Fsp3) is 0.355. The van der Waals surface area contributed by atoms with Crippen molar-refractivity contribution in [3.63, 3.8) is 0 Å². The van der Waals surface area contributed by atoms with Crippen LogP contribution in [0.25, 0.3) is 11.1 Å². The van der Waals surface area contributed by atoms with Crippen molar-refractivity contribution in [2.75, 3.05) is 18.5 Å². The van der Waals surface area contributed by atoms with E-state index in [1.165, 1.54) is 6.20 Å². The summed E-state index contributed by atoms with van der Waals surface area (Å²) in [7, 11) is 0. The van der Waals surface area contributed by atoms with Crippen LogP contribution in [0.5, 0.6) is 0 Å². The van der Waals surface area contributed by atoms with Gasteiger partial charge in [-0.05, 0) is 74.4 Å². The maximum Gasteiger partial charge on any atom is 0.407 e. The molecule has 210 valence electrons. The Labute approximate surface area is 233 Å². The predicted octanol–water partition coefficient (Wildman–Crippen LogP) is 5.61. The van der Waals surface area contributed by atoms with E-state index in [-0.39, 0.29) is 18.9 Å². The van der Waals surface area contributed by atoms with E-state index >= 15 is 0 Å². The van der Waals surface area contributed by atoms with Crippen molar-refractivity contribution in [2.45, 2.75) is 57.6 Å². The SMILES string of the molecule is CC(C)(C)OC(=O)c1ccc(NCCCC[C@H](NC(=O)OCC2c3ccccc3-c3ccccc32)C(=O)O)nc1. The number of alkyl carbamates (subject to hydrolysis) is 1. The molecule has 3 aromatic rings. The summed E-state index contributed by atoms with van der Waals surface area (Å²) in [5.74, 6) is -1.05. The number of carboxylic acid groups (broad SMARTS) is 1. The molecule has 0 fully saturated rings. The van der Waals surface area contributed by atoms with Gasteiger partial charge in [0.2, 0.25) is 0 Å². The Morgan fingerprint density at radius 3 is 2.17 bits per heavy atom. The summed E-state index contributed by atoms with van der Waals surface area (Å²) in [4.78, 5) is 40.6. The van der Waals surface area contributed by atoms with Gasteiger partial charge in [0.1, 0.15) is 24.1 Å². The molecule has 3 N–H and O–H groups in total. The van der Waals surface area contributed by atoms with Gasteiger partial charge in [-0.3, -0.25) is 0 Å². The molecule has 0 bridgehead atoms. The minimum absolute atomic E-state index is 0.0979. The van der Waals surface area contributed by atoms with Crippen molar-refractivity contribution in [3.05, 3.63) is 83.6 Å². The fourth-order valence-electron chi connectivity index (χ4n) is 4.69. The summed E-state index contributed by atoms with van der Waals surface area (Å²) in [6.45, 7) is 6.08. The molecular weight excluding hydrogens is 510 g/mol. The Kier molecular flexibility index (Phi) is 9.04. The van der Waals surface area contributed by atoms with Gasteiger partial charge in [0.25, 0.3) is 0 Å². The highest BCUT2D eigenvalue weighted by Crippen LogP contribution is 2.44. The van der Waals surface area contributed by atoms with Gasteiger partial charge >= 0.3 is 18.0 Å². The Hall–Kier alpha value is -4.40. The lowest BCUT2D eigenvalue weighted by atomic mass is 9.98. The second-order valence-electron chi connectivity index (χ2n) is 10.7. The highest BCUT2D eigenvalue weighted by molar-refractivity contribution is 5.89. The van der Waals surface area contributed by atoms with Crippen LogP contribution in [0.1, 0.15) is 67.4 Å². The summed E-state index contributed by atoms with van der Waals surface area (Å²) < 4.78 is 10.8. The molecule has 4 rings (SSSR count). The molecule has 2 aromatic carbocycles. The average molecular weight is 546 g/mol. The van der Waals surface area contributed by atoms with Crippen LogP contribution in [0.3, 0.4) is 0 Å². The van der Waals surface area contributed by atoms with E-state index < -0.39 is 29.7 Å². The van der Waals surface area contributed by atoms with Crippen molar-refractivity contribution in [2.24, 2.45) is 0 Å². The Bertz CT molecular complexity index is 1300. The smallest absolute Gasteiger partial charge is 0.407 e. The summed E-state index contributed by atoms with van der Waals surface area (Å²) in [5.41, 5.74) is 4.21. The molecular formula is C31H35N3O6. The van der Waals surface area contributed by atoms with Crippen molar-refractivity contribution in [1.29, 1.82) is 0 Å². The first-order valence-corrected chi connectivity index (χ1v) is 13.4. The molecule has 1 atom stereocenters. The van der Waals surface area contributed by atoms with Crippen molar-refractivity contribution in [3.8, 4) is 11.1 Å². The molecule has 0 spiro atoms. The van der Waals surface area contributed by atoms with E-state index in [0.717, 1.165) is 22.3 Å². The van der Waals surface area contributed by atoms with Gasteiger partial charge in [-0.15, -0.1) is 0 Å². The number of amides is 1. The molecule has 0 saturated carbocycles. The molecule has 0 radical (unpaired) electrons. The number of benzene rings is 2. The summed E-state index contributed by atoms with van der Waals surface area (Å²) in [6.07, 6.45) is 2.18. The number of rotatable bonds is 11. The van der Waals surface area contributed by atoms with Crippen LogP contribution >= 0.6 is 0 Å². The van der Waals surface area contributed by atoms with Crippen LogP contribution in [0, 0.1) is 0 Å². The quantitative estimate of drug-likeness (QED) is 0.210. The number of ether oxygens (including phenoxy) is 2. The minimum atomic E-state index is -1.11. The minimum Gasteiger partial charge on any atom is -0.480 e. The number of unbranched alkanes of at least 4 members (excludes halogenated alkanes) is 1. The third-order valence-corrected chi connectivity index (χ3v) is 6.56. The van der Waals surface area contributed by atoms with Gasteiger partial charge in [0, 0.05) is 18.7 Å². The highest BCUT2D eigenvalue weighted by atomic mass is 16.6. The lowest BCUT2D eigenvalue weighted by molar-refractivity contribution is -0.139. The van der Waals surface area contributed by atoms with Gasteiger partial charge in [-0.25, -0.2) is 19.4 Å². The molecule has 40 heavy (non-hydrogen) atoms. The number of carbonyl (C=O) groups excluding carboxylic acids is 2. The largest absolute Gasteiger partial charge is 0.480 e.